The van der Waals surface area contributed by atoms with E-state index in [2.05, 4.69) is 10.6 Å². The van der Waals surface area contributed by atoms with E-state index in [0.717, 1.165) is 23.3 Å². The molecule has 3 aromatic carbocycles. The number of piperidine rings is 1. The summed E-state index contributed by atoms with van der Waals surface area (Å²) in [5.41, 5.74) is 1.72. The Morgan fingerprint density at radius 3 is 2.59 bits per heavy atom. The van der Waals surface area contributed by atoms with Gasteiger partial charge in [-0.05, 0) is 54.4 Å². The molecule has 1 fully saturated rings. The quantitative estimate of drug-likeness (QED) is 0.453. The van der Waals surface area contributed by atoms with Crippen molar-refractivity contribution < 1.29 is 37.7 Å². The van der Waals surface area contributed by atoms with Crippen molar-refractivity contribution in [3.8, 4) is 23.0 Å². The smallest absolute Gasteiger partial charge is 0.258 e. The fourth-order valence-corrected chi connectivity index (χ4v) is 5.52. The molecule has 0 saturated carbocycles. The van der Waals surface area contributed by atoms with E-state index in [-0.39, 0.29) is 42.6 Å². The van der Waals surface area contributed by atoms with Gasteiger partial charge in [-0.1, -0.05) is 17.7 Å². The molecule has 44 heavy (non-hydrogen) atoms. The van der Waals surface area contributed by atoms with Crippen LogP contribution in [0.15, 0.2) is 54.6 Å². The van der Waals surface area contributed by atoms with Gasteiger partial charge in [-0.25, -0.2) is 4.39 Å². The van der Waals surface area contributed by atoms with Crippen molar-refractivity contribution in [1.82, 2.24) is 15.5 Å². The van der Waals surface area contributed by atoms with E-state index in [9.17, 15) is 18.8 Å². The fraction of sp³-hybridized carbons (Fsp3) is 0.344. The highest BCUT2D eigenvalue weighted by atomic mass is 35.5. The molecule has 0 aromatic heterocycles. The van der Waals surface area contributed by atoms with Crippen LogP contribution in [-0.4, -0.2) is 68.7 Å². The summed E-state index contributed by atoms with van der Waals surface area (Å²) >= 11 is 5.99. The number of carbonyl (C=O) groups excluding carboxylic acids is 3. The van der Waals surface area contributed by atoms with Crippen LogP contribution >= 0.6 is 11.6 Å². The lowest BCUT2D eigenvalue weighted by molar-refractivity contribution is -0.125. The molecule has 2 atom stereocenters. The normalized spacial score (nSPS) is 19.1. The van der Waals surface area contributed by atoms with E-state index in [4.69, 9.17) is 30.5 Å². The average Bonchev–Trinajstić information content (AvgIpc) is 3.01. The summed E-state index contributed by atoms with van der Waals surface area (Å²) in [5, 5.41) is 5.99. The molecule has 6 rings (SSSR count). The number of carbonyl (C=O) groups is 3. The highest BCUT2D eigenvalue weighted by Crippen LogP contribution is 2.30. The zero-order valence-electron chi connectivity index (χ0n) is 24.4. The lowest BCUT2D eigenvalue weighted by Crippen LogP contribution is -2.58. The molecular formula is C32H33ClFN3O7. The molecule has 3 aromatic rings. The number of halogens is 2. The SMILES string of the molecule is COc1cc2ccc1CNC(=O)CCc1ccc(OC)c(c1)OCC(=O)N[C@@H]1CN(C(=O)c3cc(F)cc(Cl)c3)CC[C@@H]1O2. The number of benzene rings is 3. The van der Waals surface area contributed by atoms with Crippen molar-refractivity contribution >= 4 is 29.3 Å². The first kappa shape index (κ1) is 30.9. The number of ether oxygens (including phenoxy) is 4. The van der Waals surface area contributed by atoms with Crippen LogP contribution < -0.4 is 29.6 Å². The molecule has 3 amide bonds. The maximum absolute atomic E-state index is 14.0. The first-order valence-electron chi connectivity index (χ1n) is 14.2. The summed E-state index contributed by atoms with van der Waals surface area (Å²) in [6, 6.07) is 13.6. The van der Waals surface area contributed by atoms with E-state index in [1.54, 1.807) is 24.3 Å². The first-order chi connectivity index (χ1) is 21.2. The van der Waals surface area contributed by atoms with E-state index in [1.165, 1.54) is 25.2 Å². The van der Waals surface area contributed by atoms with Crippen LogP contribution in [0.3, 0.4) is 0 Å². The van der Waals surface area contributed by atoms with Gasteiger partial charge in [0.1, 0.15) is 23.4 Å². The minimum absolute atomic E-state index is 0.101. The minimum atomic E-state index is -0.631. The maximum atomic E-state index is 14.0. The molecule has 0 aliphatic carbocycles. The van der Waals surface area contributed by atoms with Gasteiger partial charge in [-0.2, -0.15) is 0 Å². The molecule has 3 aliphatic heterocycles. The van der Waals surface area contributed by atoms with Gasteiger partial charge >= 0.3 is 0 Å². The van der Waals surface area contributed by atoms with Gasteiger partial charge in [-0.15, -0.1) is 0 Å². The summed E-state index contributed by atoms with van der Waals surface area (Å²) < 4.78 is 37.1. The number of nitrogens with zero attached hydrogens (tertiary/aromatic N) is 1. The van der Waals surface area contributed by atoms with Crippen LogP contribution in [0.2, 0.25) is 5.02 Å². The van der Waals surface area contributed by atoms with E-state index >= 15 is 0 Å². The summed E-state index contributed by atoms with van der Waals surface area (Å²) in [6.45, 7) is 0.331. The van der Waals surface area contributed by atoms with Crippen LogP contribution in [-0.2, 0) is 22.6 Å². The zero-order valence-corrected chi connectivity index (χ0v) is 25.1. The Hall–Kier alpha value is -4.51. The second kappa shape index (κ2) is 13.9. The monoisotopic (exact) mass is 625 g/mol. The highest BCUT2D eigenvalue weighted by molar-refractivity contribution is 6.31. The molecule has 2 N–H and O–H groups in total. The summed E-state index contributed by atoms with van der Waals surface area (Å²) in [7, 11) is 3.03. The van der Waals surface area contributed by atoms with Crippen molar-refractivity contribution in [3.63, 3.8) is 0 Å². The molecule has 0 radical (unpaired) electrons. The Morgan fingerprint density at radius 1 is 1.00 bits per heavy atom. The number of likely N-dealkylation sites (tertiary alicyclic amines) is 1. The molecule has 0 spiro atoms. The highest BCUT2D eigenvalue weighted by Gasteiger charge is 2.35. The number of hydrogen-bond acceptors (Lipinski definition) is 7. The van der Waals surface area contributed by atoms with Gasteiger partial charge in [0.25, 0.3) is 11.8 Å². The van der Waals surface area contributed by atoms with E-state index in [1.807, 2.05) is 12.1 Å². The van der Waals surface area contributed by atoms with E-state index in [0.29, 0.717) is 42.4 Å². The predicted octanol–water partition coefficient (Wildman–Crippen LogP) is 3.92. The second-order valence-electron chi connectivity index (χ2n) is 10.6. The van der Waals surface area contributed by atoms with Crippen molar-refractivity contribution in [2.24, 2.45) is 0 Å². The van der Waals surface area contributed by atoms with Crippen LogP contribution in [0.4, 0.5) is 4.39 Å². The lowest BCUT2D eigenvalue weighted by atomic mass is 10.0. The van der Waals surface area contributed by atoms with Crippen LogP contribution in [0.1, 0.15) is 34.3 Å². The topological polar surface area (TPSA) is 115 Å². The Kier molecular flexibility index (Phi) is 9.74. The van der Waals surface area contributed by atoms with Crippen molar-refractivity contribution in [3.05, 3.63) is 82.1 Å². The number of aryl methyl sites for hydroxylation is 1. The fourth-order valence-electron chi connectivity index (χ4n) is 5.29. The number of nitrogens with one attached hydrogen (secondary N) is 2. The van der Waals surface area contributed by atoms with Crippen LogP contribution in [0, 0.1) is 5.82 Å². The molecule has 10 nitrogen and oxygen atoms in total. The third-order valence-corrected chi connectivity index (χ3v) is 7.76. The molecule has 0 unspecified atom stereocenters. The van der Waals surface area contributed by atoms with Gasteiger partial charge in [0, 0.05) is 54.7 Å². The van der Waals surface area contributed by atoms with Crippen LogP contribution in [0.25, 0.3) is 0 Å². The van der Waals surface area contributed by atoms with Gasteiger partial charge in [-0.3, -0.25) is 14.4 Å². The van der Waals surface area contributed by atoms with Crippen molar-refractivity contribution in [2.75, 3.05) is 33.9 Å². The van der Waals surface area contributed by atoms with Crippen LogP contribution in [0.5, 0.6) is 23.0 Å². The maximum Gasteiger partial charge on any atom is 0.258 e. The molecule has 3 heterocycles. The number of amides is 3. The average molecular weight is 626 g/mol. The van der Waals surface area contributed by atoms with Gasteiger partial charge in [0.2, 0.25) is 5.91 Å². The number of rotatable bonds is 3. The molecule has 1 saturated heterocycles. The van der Waals surface area contributed by atoms with Gasteiger partial charge in [0.15, 0.2) is 18.1 Å². The Bertz CT molecular complexity index is 1530. The zero-order chi connectivity index (χ0) is 31.2. The lowest BCUT2D eigenvalue weighted by Gasteiger charge is -2.39. The predicted molar refractivity (Wildman–Crippen MR) is 160 cm³/mol. The summed E-state index contributed by atoms with van der Waals surface area (Å²) in [6.07, 6.45) is 0.549. The standard InChI is InChI=1S/C32H33ClFN3O7/c1-41-27-7-3-19-4-8-30(38)35-16-20-5-6-24(15-28(20)42-2)44-26-9-10-37(32(40)21-12-22(33)14-23(34)13-21)17-25(26)36-31(39)18-43-29(27)11-19/h3,5-7,11-15,25-26H,4,8-10,16-18H2,1-2H3,(H,35,38)(H,36,39)/t25-,26+/m1/s1. The first-order valence-corrected chi connectivity index (χ1v) is 14.5. The number of hydrogen-bond donors (Lipinski definition) is 2. The molecule has 4 bridgehead atoms. The second-order valence-corrected chi connectivity index (χ2v) is 11.0. The molecule has 3 aliphatic rings. The summed E-state index contributed by atoms with van der Waals surface area (Å²) in [4.78, 5) is 40.7. The largest absolute Gasteiger partial charge is 0.496 e. The third kappa shape index (κ3) is 7.52. The Balaban J connectivity index is 1.42. The third-order valence-electron chi connectivity index (χ3n) is 7.54. The minimum Gasteiger partial charge on any atom is -0.496 e. The van der Waals surface area contributed by atoms with Gasteiger partial charge in [0.05, 0.1) is 20.3 Å². The molecule has 12 heteroatoms. The molecular weight excluding hydrogens is 593 g/mol. The van der Waals surface area contributed by atoms with Crippen molar-refractivity contribution in [1.29, 1.82) is 0 Å². The number of methoxy groups -OCH3 is 2. The Morgan fingerprint density at radius 2 is 1.82 bits per heavy atom. The molecule has 232 valence electrons. The van der Waals surface area contributed by atoms with Crippen molar-refractivity contribution in [2.45, 2.75) is 38.0 Å². The summed E-state index contributed by atoms with van der Waals surface area (Å²) in [5.74, 6) is 0.218. The van der Waals surface area contributed by atoms with Gasteiger partial charge < -0.3 is 34.5 Å². The number of fused-ring (bicyclic) bond motifs is 9. The van der Waals surface area contributed by atoms with E-state index < -0.39 is 29.8 Å². The Labute approximate surface area is 259 Å².